The molecule has 0 aromatic heterocycles. The van der Waals surface area contributed by atoms with Crippen LogP contribution in [0.2, 0.25) is 0 Å². The minimum absolute atomic E-state index is 0.316. The molecule has 0 aromatic carbocycles. The second-order valence-corrected chi connectivity index (χ2v) is 2.43. The van der Waals surface area contributed by atoms with Gasteiger partial charge in [-0.1, -0.05) is 0 Å². The van der Waals surface area contributed by atoms with Crippen molar-refractivity contribution in [1.29, 1.82) is 0 Å². The monoisotopic (exact) mass is 105 g/mol. The molecule has 7 heavy (non-hydrogen) atoms. The summed E-state index contributed by atoms with van der Waals surface area (Å²) in [7, 11) is 0. The Morgan fingerprint density at radius 1 is 1.57 bits per heavy atom. The van der Waals surface area contributed by atoms with E-state index in [1.165, 1.54) is 0 Å². The van der Waals surface area contributed by atoms with Gasteiger partial charge in [-0.2, -0.15) is 0 Å². The van der Waals surface area contributed by atoms with Crippen molar-refractivity contribution in [2.75, 3.05) is 6.67 Å². The Kier molecular flexibility index (Phi) is 2.23. The Hall–Kier alpha value is -0.110. The predicted molar refractivity (Wildman–Crippen MR) is 28.9 cm³/mol. The van der Waals surface area contributed by atoms with Crippen LogP contribution in [0.25, 0.3) is 0 Å². The van der Waals surface area contributed by atoms with Crippen molar-refractivity contribution < 1.29 is 4.39 Å². The van der Waals surface area contributed by atoms with Crippen molar-refractivity contribution in [2.24, 2.45) is 5.73 Å². The topological polar surface area (TPSA) is 26.0 Å². The van der Waals surface area contributed by atoms with Crippen LogP contribution in [0.15, 0.2) is 0 Å². The van der Waals surface area contributed by atoms with Gasteiger partial charge in [0.2, 0.25) is 0 Å². The molecule has 2 heteroatoms. The molecule has 0 aliphatic heterocycles. The molecule has 0 aliphatic carbocycles. The smallest absolute Gasteiger partial charge is 0.0911 e. The molecule has 0 aromatic rings. The molecule has 0 aliphatic rings. The first kappa shape index (κ1) is 6.89. The lowest BCUT2D eigenvalue weighted by Gasteiger charge is -2.14. The summed E-state index contributed by atoms with van der Waals surface area (Å²) in [5.74, 6) is 0. The van der Waals surface area contributed by atoms with Gasteiger partial charge in [0.1, 0.15) is 0 Å². The van der Waals surface area contributed by atoms with Crippen molar-refractivity contribution in [1.82, 2.24) is 0 Å². The van der Waals surface area contributed by atoms with E-state index in [4.69, 9.17) is 5.73 Å². The molecule has 0 heterocycles. The van der Waals surface area contributed by atoms with E-state index in [-0.39, 0.29) is 12.2 Å². The highest BCUT2D eigenvalue weighted by atomic mass is 19.1. The van der Waals surface area contributed by atoms with Gasteiger partial charge in [0.25, 0.3) is 0 Å². The maximum atomic E-state index is 11.4. The molecule has 0 bridgehead atoms. The van der Waals surface area contributed by atoms with Crippen LogP contribution >= 0.6 is 0 Å². The molecule has 0 atom stereocenters. The number of rotatable bonds is 2. The SMILES string of the molecule is CC(C)(N)CCF. The summed E-state index contributed by atoms with van der Waals surface area (Å²) in [6, 6.07) is 0. The number of halogens is 1. The molecule has 0 amide bonds. The Bertz CT molecular complexity index is 46.5. The van der Waals surface area contributed by atoms with Crippen molar-refractivity contribution in [2.45, 2.75) is 25.8 Å². The molecule has 0 fully saturated rings. The fourth-order valence-corrected chi connectivity index (χ4v) is 0.244. The summed E-state index contributed by atoms with van der Waals surface area (Å²) in [6.45, 7) is 3.31. The third kappa shape index (κ3) is 5.89. The maximum absolute atomic E-state index is 11.4. The van der Waals surface area contributed by atoms with Crippen molar-refractivity contribution in [3.63, 3.8) is 0 Å². The van der Waals surface area contributed by atoms with Crippen LogP contribution in [0.3, 0.4) is 0 Å². The lowest BCUT2D eigenvalue weighted by molar-refractivity contribution is 0.379. The zero-order chi connectivity index (χ0) is 5.91. The van der Waals surface area contributed by atoms with Crippen molar-refractivity contribution in [3.8, 4) is 0 Å². The molecular weight excluding hydrogens is 93.1 g/mol. The normalized spacial score (nSPS) is 12.0. The van der Waals surface area contributed by atoms with Crippen LogP contribution in [-0.4, -0.2) is 12.2 Å². The van der Waals surface area contributed by atoms with E-state index in [2.05, 4.69) is 0 Å². The quantitative estimate of drug-likeness (QED) is 0.558. The van der Waals surface area contributed by atoms with Gasteiger partial charge < -0.3 is 5.73 Å². The highest BCUT2D eigenvalue weighted by Gasteiger charge is 2.07. The molecule has 0 radical (unpaired) electrons. The molecule has 44 valence electrons. The average Bonchev–Trinajstić information content (AvgIpc) is 1.30. The summed E-state index contributed by atoms with van der Waals surface area (Å²) in [6.07, 6.45) is 0.451. The third-order valence-corrected chi connectivity index (χ3v) is 0.739. The van der Waals surface area contributed by atoms with E-state index < -0.39 is 0 Å². The second-order valence-electron chi connectivity index (χ2n) is 2.43. The fraction of sp³-hybridized carbons (Fsp3) is 1.00. The molecule has 1 nitrogen and oxygen atoms in total. The van der Waals surface area contributed by atoms with E-state index >= 15 is 0 Å². The van der Waals surface area contributed by atoms with Gasteiger partial charge in [-0.05, 0) is 20.3 Å². The van der Waals surface area contributed by atoms with Gasteiger partial charge in [-0.25, -0.2) is 0 Å². The zero-order valence-corrected chi connectivity index (χ0v) is 4.87. The molecule has 0 rings (SSSR count). The van der Waals surface area contributed by atoms with Crippen LogP contribution in [-0.2, 0) is 0 Å². The number of hydrogen-bond donors (Lipinski definition) is 1. The van der Waals surface area contributed by atoms with Gasteiger partial charge >= 0.3 is 0 Å². The van der Waals surface area contributed by atoms with Gasteiger partial charge in [0.05, 0.1) is 6.67 Å². The predicted octanol–water partition coefficient (Wildman–Crippen LogP) is 1.08. The van der Waals surface area contributed by atoms with Gasteiger partial charge in [-0.3, -0.25) is 4.39 Å². The highest BCUT2D eigenvalue weighted by Crippen LogP contribution is 2.01. The van der Waals surface area contributed by atoms with Crippen LogP contribution in [0.5, 0.6) is 0 Å². The lowest BCUT2D eigenvalue weighted by Crippen LogP contribution is -2.32. The molecule has 0 unspecified atom stereocenters. The fourth-order valence-electron chi connectivity index (χ4n) is 0.244. The van der Waals surface area contributed by atoms with Crippen LogP contribution in [0.4, 0.5) is 4.39 Å². The number of alkyl halides is 1. The molecule has 0 spiro atoms. The summed E-state index contributed by atoms with van der Waals surface area (Å²) in [4.78, 5) is 0. The molecule has 0 saturated carbocycles. The van der Waals surface area contributed by atoms with Gasteiger partial charge in [0, 0.05) is 5.54 Å². The zero-order valence-electron chi connectivity index (χ0n) is 4.87. The van der Waals surface area contributed by atoms with E-state index in [9.17, 15) is 4.39 Å². The second kappa shape index (κ2) is 2.26. The summed E-state index contributed by atoms with van der Waals surface area (Å²) in [5, 5.41) is 0. The van der Waals surface area contributed by atoms with E-state index in [0.29, 0.717) is 6.42 Å². The molecule has 2 N–H and O–H groups in total. The minimum Gasteiger partial charge on any atom is -0.325 e. The largest absolute Gasteiger partial charge is 0.325 e. The van der Waals surface area contributed by atoms with Crippen LogP contribution in [0.1, 0.15) is 20.3 Å². The van der Waals surface area contributed by atoms with Crippen molar-refractivity contribution in [3.05, 3.63) is 0 Å². The first-order valence-corrected chi connectivity index (χ1v) is 2.41. The average molecular weight is 105 g/mol. The first-order valence-electron chi connectivity index (χ1n) is 2.41. The van der Waals surface area contributed by atoms with E-state index in [1.807, 2.05) is 13.8 Å². The highest BCUT2D eigenvalue weighted by molar-refractivity contribution is 4.69. The van der Waals surface area contributed by atoms with E-state index in [1.54, 1.807) is 0 Å². The molecule has 0 saturated heterocycles. The van der Waals surface area contributed by atoms with Crippen LogP contribution < -0.4 is 5.73 Å². The van der Waals surface area contributed by atoms with Crippen LogP contribution in [0, 0.1) is 0 Å². The summed E-state index contributed by atoms with van der Waals surface area (Å²) >= 11 is 0. The Labute approximate surface area is 43.7 Å². The first-order chi connectivity index (χ1) is 3.06. The van der Waals surface area contributed by atoms with E-state index in [0.717, 1.165) is 0 Å². The Morgan fingerprint density at radius 2 is 2.00 bits per heavy atom. The minimum atomic E-state index is -0.325. The lowest BCUT2D eigenvalue weighted by atomic mass is 10.0. The van der Waals surface area contributed by atoms with Crippen molar-refractivity contribution >= 4 is 0 Å². The third-order valence-electron chi connectivity index (χ3n) is 0.739. The maximum Gasteiger partial charge on any atom is 0.0911 e. The number of hydrogen-bond acceptors (Lipinski definition) is 1. The van der Waals surface area contributed by atoms with Gasteiger partial charge in [0.15, 0.2) is 0 Å². The Morgan fingerprint density at radius 3 is 2.00 bits per heavy atom. The summed E-state index contributed by atoms with van der Waals surface area (Å²) in [5.41, 5.74) is 5.08. The summed E-state index contributed by atoms with van der Waals surface area (Å²) < 4.78 is 11.4. The molecular formula is C5H12FN. The standard InChI is InChI=1S/C5H12FN/c1-5(2,7)3-4-6/h3-4,7H2,1-2H3. The Balaban J connectivity index is 3.15. The number of nitrogens with two attached hydrogens (primary N) is 1. The van der Waals surface area contributed by atoms with Gasteiger partial charge in [-0.15, -0.1) is 0 Å².